The maximum Gasteiger partial charge on any atom is 0.230 e. The standard InChI is InChI=1S/C22H16FN5O/c23-19-3-1-2-16(11-19)17-5-7-21(25-13-17)28-22(29)10-15-4-6-20(24-12-15)18-8-9-26-27-14-18/h1-9,11-14H,10H2,(H,25,28,29). The van der Waals surface area contributed by atoms with Crippen molar-refractivity contribution in [2.45, 2.75) is 6.42 Å². The zero-order chi connectivity index (χ0) is 20.1. The van der Waals surface area contributed by atoms with Crippen LogP contribution >= 0.6 is 0 Å². The summed E-state index contributed by atoms with van der Waals surface area (Å²) in [4.78, 5) is 20.9. The smallest absolute Gasteiger partial charge is 0.230 e. The first-order valence-corrected chi connectivity index (χ1v) is 8.91. The van der Waals surface area contributed by atoms with E-state index in [2.05, 4.69) is 25.5 Å². The monoisotopic (exact) mass is 385 g/mol. The normalized spacial score (nSPS) is 10.5. The van der Waals surface area contributed by atoms with Gasteiger partial charge in [-0.25, -0.2) is 9.37 Å². The van der Waals surface area contributed by atoms with Gasteiger partial charge in [-0.15, -0.1) is 0 Å². The summed E-state index contributed by atoms with van der Waals surface area (Å²) in [6, 6.07) is 15.3. The van der Waals surface area contributed by atoms with Crippen LogP contribution in [-0.2, 0) is 11.2 Å². The van der Waals surface area contributed by atoms with Gasteiger partial charge in [0.05, 0.1) is 24.5 Å². The molecule has 0 atom stereocenters. The van der Waals surface area contributed by atoms with Crippen LogP contribution in [0, 0.1) is 5.82 Å². The van der Waals surface area contributed by atoms with Crippen LogP contribution in [0.5, 0.6) is 0 Å². The Hall–Kier alpha value is -4.00. The Bertz CT molecular complexity index is 1120. The molecular weight excluding hydrogens is 369 g/mol. The molecule has 0 radical (unpaired) electrons. The van der Waals surface area contributed by atoms with E-state index in [1.54, 1.807) is 49.1 Å². The summed E-state index contributed by atoms with van der Waals surface area (Å²) in [5.41, 5.74) is 3.90. The Balaban J connectivity index is 1.38. The highest BCUT2D eigenvalue weighted by molar-refractivity contribution is 5.91. The molecule has 0 bridgehead atoms. The third-order valence-electron chi connectivity index (χ3n) is 4.26. The minimum absolute atomic E-state index is 0.176. The van der Waals surface area contributed by atoms with E-state index >= 15 is 0 Å². The van der Waals surface area contributed by atoms with Crippen molar-refractivity contribution in [2.75, 3.05) is 5.32 Å². The van der Waals surface area contributed by atoms with Crippen LogP contribution in [0.2, 0.25) is 0 Å². The van der Waals surface area contributed by atoms with Gasteiger partial charge in [0.15, 0.2) is 0 Å². The first-order valence-electron chi connectivity index (χ1n) is 8.91. The van der Waals surface area contributed by atoms with E-state index in [9.17, 15) is 9.18 Å². The largest absolute Gasteiger partial charge is 0.310 e. The molecule has 0 fully saturated rings. The molecular formula is C22H16FN5O. The van der Waals surface area contributed by atoms with Crippen LogP contribution in [0.1, 0.15) is 5.56 Å². The predicted molar refractivity (Wildman–Crippen MR) is 107 cm³/mol. The molecule has 3 aromatic heterocycles. The second kappa shape index (κ2) is 8.35. The molecule has 0 aliphatic heterocycles. The highest BCUT2D eigenvalue weighted by atomic mass is 19.1. The lowest BCUT2D eigenvalue weighted by Crippen LogP contribution is -2.15. The number of aromatic nitrogens is 4. The number of halogens is 1. The second-order valence-electron chi connectivity index (χ2n) is 6.35. The average molecular weight is 385 g/mol. The Labute approximate surface area is 166 Å². The fourth-order valence-corrected chi connectivity index (χ4v) is 2.82. The van der Waals surface area contributed by atoms with Gasteiger partial charge in [-0.2, -0.15) is 10.2 Å². The van der Waals surface area contributed by atoms with Crippen LogP contribution in [0.15, 0.2) is 79.4 Å². The molecule has 0 spiro atoms. The number of anilines is 1. The quantitative estimate of drug-likeness (QED) is 0.563. The first kappa shape index (κ1) is 18.4. The zero-order valence-electron chi connectivity index (χ0n) is 15.3. The van der Waals surface area contributed by atoms with E-state index in [0.29, 0.717) is 5.82 Å². The number of rotatable bonds is 5. The van der Waals surface area contributed by atoms with Gasteiger partial charge in [0.1, 0.15) is 11.6 Å². The molecule has 0 unspecified atom stereocenters. The predicted octanol–water partition coefficient (Wildman–Crippen LogP) is 3.92. The third-order valence-corrected chi connectivity index (χ3v) is 4.26. The number of amides is 1. The number of carbonyl (C=O) groups excluding carboxylic acids is 1. The van der Waals surface area contributed by atoms with Gasteiger partial charge in [0.25, 0.3) is 0 Å². The molecule has 0 aliphatic carbocycles. The number of benzene rings is 1. The summed E-state index contributed by atoms with van der Waals surface area (Å²) in [6.45, 7) is 0. The summed E-state index contributed by atoms with van der Waals surface area (Å²) in [5.74, 6) is -0.0709. The van der Waals surface area contributed by atoms with Crippen molar-refractivity contribution in [3.05, 3.63) is 90.8 Å². The first-order chi connectivity index (χ1) is 14.2. The van der Waals surface area contributed by atoms with Crippen molar-refractivity contribution in [3.8, 4) is 22.4 Å². The fourth-order valence-electron chi connectivity index (χ4n) is 2.82. The Morgan fingerprint density at radius 3 is 2.48 bits per heavy atom. The second-order valence-corrected chi connectivity index (χ2v) is 6.35. The maximum atomic E-state index is 13.3. The third kappa shape index (κ3) is 4.65. The molecule has 7 heteroatoms. The highest BCUT2D eigenvalue weighted by Crippen LogP contribution is 2.20. The minimum Gasteiger partial charge on any atom is -0.310 e. The molecule has 4 aromatic rings. The van der Waals surface area contributed by atoms with Crippen molar-refractivity contribution in [2.24, 2.45) is 0 Å². The molecule has 6 nitrogen and oxygen atoms in total. The molecule has 1 aromatic carbocycles. The van der Waals surface area contributed by atoms with Crippen LogP contribution in [0.3, 0.4) is 0 Å². The molecule has 1 amide bonds. The Kier molecular flexibility index (Phi) is 5.29. The van der Waals surface area contributed by atoms with E-state index in [1.165, 1.54) is 12.1 Å². The summed E-state index contributed by atoms with van der Waals surface area (Å²) >= 11 is 0. The average Bonchev–Trinajstić information content (AvgIpc) is 2.75. The van der Waals surface area contributed by atoms with E-state index in [-0.39, 0.29) is 18.1 Å². The lowest BCUT2D eigenvalue weighted by Gasteiger charge is -2.07. The maximum absolute atomic E-state index is 13.3. The van der Waals surface area contributed by atoms with Gasteiger partial charge < -0.3 is 5.32 Å². The molecule has 3 heterocycles. The van der Waals surface area contributed by atoms with Gasteiger partial charge in [-0.05, 0) is 47.5 Å². The van der Waals surface area contributed by atoms with Gasteiger partial charge in [0, 0.05) is 23.5 Å². The van der Waals surface area contributed by atoms with Crippen LogP contribution in [0.4, 0.5) is 10.2 Å². The molecule has 1 N–H and O–H groups in total. The number of pyridine rings is 2. The van der Waals surface area contributed by atoms with Crippen LogP contribution < -0.4 is 5.32 Å². The number of carbonyl (C=O) groups is 1. The Morgan fingerprint density at radius 1 is 0.862 bits per heavy atom. The molecule has 29 heavy (non-hydrogen) atoms. The van der Waals surface area contributed by atoms with Gasteiger partial charge in [-0.3, -0.25) is 9.78 Å². The van der Waals surface area contributed by atoms with Crippen molar-refractivity contribution < 1.29 is 9.18 Å². The van der Waals surface area contributed by atoms with Crippen molar-refractivity contribution in [1.29, 1.82) is 0 Å². The summed E-state index contributed by atoms with van der Waals surface area (Å²) < 4.78 is 13.3. The summed E-state index contributed by atoms with van der Waals surface area (Å²) in [7, 11) is 0. The van der Waals surface area contributed by atoms with E-state index < -0.39 is 0 Å². The molecule has 0 saturated heterocycles. The number of nitrogens with zero attached hydrogens (tertiary/aromatic N) is 4. The number of hydrogen-bond donors (Lipinski definition) is 1. The van der Waals surface area contributed by atoms with Crippen molar-refractivity contribution >= 4 is 11.7 Å². The lowest BCUT2D eigenvalue weighted by molar-refractivity contribution is -0.115. The fraction of sp³-hybridized carbons (Fsp3) is 0.0455. The summed E-state index contributed by atoms with van der Waals surface area (Å²) in [5, 5.41) is 10.3. The number of nitrogens with one attached hydrogen (secondary N) is 1. The van der Waals surface area contributed by atoms with Gasteiger partial charge in [0.2, 0.25) is 5.91 Å². The van der Waals surface area contributed by atoms with Crippen LogP contribution in [-0.4, -0.2) is 26.1 Å². The van der Waals surface area contributed by atoms with Crippen LogP contribution in [0.25, 0.3) is 22.4 Å². The van der Waals surface area contributed by atoms with Crippen molar-refractivity contribution in [3.63, 3.8) is 0 Å². The van der Waals surface area contributed by atoms with E-state index in [4.69, 9.17) is 0 Å². The van der Waals surface area contributed by atoms with Crippen molar-refractivity contribution in [1.82, 2.24) is 20.2 Å². The topological polar surface area (TPSA) is 80.7 Å². The minimum atomic E-state index is -0.306. The summed E-state index contributed by atoms with van der Waals surface area (Å²) in [6.07, 6.45) is 6.67. The lowest BCUT2D eigenvalue weighted by atomic mass is 10.1. The van der Waals surface area contributed by atoms with E-state index in [1.807, 2.05) is 18.2 Å². The molecule has 0 saturated carbocycles. The Morgan fingerprint density at radius 2 is 1.79 bits per heavy atom. The number of hydrogen-bond acceptors (Lipinski definition) is 5. The molecule has 0 aliphatic rings. The van der Waals surface area contributed by atoms with E-state index in [0.717, 1.165) is 27.9 Å². The highest BCUT2D eigenvalue weighted by Gasteiger charge is 2.07. The van der Waals surface area contributed by atoms with Gasteiger partial charge >= 0.3 is 0 Å². The SMILES string of the molecule is O=C(Cc1ccc(-c2ccnnc2)nc1)Nc1ccc(-c2cccc(F)c2)cn1. The van der Waals surface area contributed by atoms with Gasteiger partial charge in [-0.1, -0.05) is 18.2 Å². The molecule has 142 valence electrons. The molecule has 4 rings (SSSR count). The zero-order valence-corrected chi connectivity index (χ0v) is 15.3.